The van der Waals surface area contributed by atoms with Gasteiger partial charge in [-0.2, -0.15) is 0 Å². The van der Waals surface area contributed by atoms with Gasteiger partial charge in [0.2, 0.25) is 0 Å². The highest BCUT2D eigenvalue weighted by Gasteiger charge is 2.19. The molecule has 2 aromatic rings. The van der Waals surface area contributed by atoms with Gasteiger partial charge in [0.15, 0.2) is 11.9 Å². The molecule has 1 amide bonds. The van der Waals surface area contributed by atoms with Gasteiger partial charge in [0.1, 0.15) is 5.82 Å². The Hall–Kier alpha value is -2.54. The minimum Gasteiger partial charge on any atom is -0.453 e. The molecule has 0 aliphatic heterocycles. The first-order chi connectivity index (χ1) is 12.3. The van der Waals surface area contributed by atoms with Gasteiger partial charge in [-0.05, 0) is 50.6 Å². The summed E-state index contributed by atoms with van der Waals surface area (Å²) in [7, 11) is 0. The van der Waals surface area contributed by atoms with E-state index < -0.39 is 23.8 Å². The maximum atomic E-state index is 13.5. The van der Waals surface area contributed by atoms with Gasteiger partial charge in [-0.25, -0.2) is 4.39 Å². The van der Waals surface area contributed by atoms with Crippen LogP contribution in [0, 0.1) is 19.7 Å². The molecule has 26 heavy (non-hydrogen) atoms. The Morgan fingerprint density at radius 1 is 1.15 bits per heavy atom. The third kappa shape index (κ3) is 5.49. The summed E-state index contributed by atoms with van der Waals surface area (Å²) < 4.78 is 18.5. The maximum absolute atomic E-state index is 13.5. The average molecular weight is 377 g/mol. The highest BCUT2D eigenvalue weighted by atomic mass is 32.1. The fourth-order valence-electron chi connectivity index (χ4n) is 2.15. The number of hydrogen-bond donors (Lipinski definition) is 1. The molecule has 7 heteroatoms. The molecule has 0 saturated heterocycles. The van der Waals surface area contributed by atoms with Crippen LogP contribution in [0.4, 0.5) is 10.1 Å². The molecule has 0 aliphatic carbocycles. The summed E-state index contributed by atoms with van der Waals surface area (Å²) in [4.78, 5) is 37.5. The molecule has 0 radical (unpaired) electrons. The zero-order valence-electron chi connectivity index (χ0n) is 14.8. The molecule has 0 unspecified atom stereocenters. The van der Waals surface area contributed by atoms with Crippen molar-refractivity contribution in [2.75, 3.05) is 5.32 Å². The minimum absolute atomic E-state index is 0.0241. The van der Waals surface area contributed by atoms with Crippen LogP contribution in [0.25, 0.3) is 0 Å². The summed E-state index contributed by atoms with van der Waals surface area (Å²) >= 11 is 1.37. The van der Waals surface area contributed by atoms with Crippen LogP contribution in [0.1, 0.15) is 39.9 Å². The van der Waals surface area contributed by atoms with Crippen LogP contribution in [0.15, 0.2) is 30.3 Å². The lowest BCUT2D eigenvalue weighted by molar-refractivity contribution is -0.153. The summed E-state index contributed by atoms with van der Waals surface area (Å²) in [5, 5.41) is 2.49. The van der Waals surface area contributed by atoms with Gasteiger partial charge in [-0.1, -0.05) is 6.07 Å². The number of nitrogens with one attached hydrogen (secondary N) is 1. The van der Waals surface area contributed by atoms with E-state index in [1.165, 1.54) is 24.3 Å². The van der Waals surface area contributed by atoms with E-state index in [2.05, 4.69) is 5.32 Å². The van der Waals surface area contributed by atoms with E-state index in [4.69, 9.17) is 4.74 Å². The van der Waals surface area contributed by atoms with Crippen molar-refractivity contribution in [2.24, 2.45) is 0 Å². The third-order valence-electron chi connectivity index (χ3n) is 3.69. The number of benzene rings is 1. The largest absolute Gasteiger partial charge is 0.453 e. The van der Waals surface area contributed by atoms with Crippen molar-refractivity contribution < 1.29 is 23.5 Å². The average Bonchev–Trinajstić information content (AvgIpc) is 3.02. The zero-order valence-corrected chi connectivity index (χ0v) is 15.6. The molecule has 0 saturated carbocycles. The van der Waals surface area contributed by atoms with Crippen LogP contribution < -0.4 is 5.32 Å². The Morgan fingerprint density at radius 2 is 1.88 bits per heavy atom. The molecular formula is C19H20FNO4S. The first-order valence-electron chi connectivity index (χ1n) is 8.12. The third-order valence-corrected chi connectivity index (χ3v) is 4.73. The summed E-state index contributed by atoms with van der Waals surface area (Å²) in [6.45, 7) is 4.93. The Kier molecular flexibility index (Phi) is 6.63. The van der Waals surface area contributed by atoms with E-state index in [0.29, 0.717) is 10.4 Å². The molecule has 1 aromatic heterocycles. The molecule has 1 atom stereocenters. The van der Waals surface area contributed by atoms with Gasteiger partial charge < -0.3 is 10.1 Å². The number of carbonyl (C=O) groups excluding carboxylic acids is 3. The van der Waals surface area contributed by atoms with E-state index in [9.17, 15) is 18.8 Å². The summed E-state index contributed by atoms with van der Waals surface area (Å²) in [6, 6.07) is 7.87. The van der Waals surface area contributed by atoms with Crippen molar-refractivity contribution in [3.8, 4) is 0 Å². The second-order valence-electron chi connectivity index (χ2n) is 5.92. The lowest BCUT2D eigenvalue weighted by atomic mass is 10.2. The normalized spacial score (nSPS) is 11.7. The smallest absolute Gasteiger partial charge is 0.307 e. The SMILES string of the molecule is Cc1ccc(C(=O)CCC(=O)O[C@@H](C)C(=O)Nc2ccc(C)c(F)c2)s1. The van der Waals surface area contributed by atoms with Gasteiger partial charge >= 0.3 is 5.97 Å². The monoisotopic (exact) mass is 377 g/mol. The second-order valence-corrected chi connectivity index (χ2v) is 7.21. The van der Waals surface area contributed by atoms with Crippen LogP contribution >= 0.6 is 11.3 Å². The quantitative estimate of drug-likeness (QED) is 0.584. The number of esters is 1. The number of rotatable bonds is 7. The molecule has 1 heterocycles. The fraction of sp³-hybridized carbons (Fsp3) is 0.316. The van der Waals surface area contributed by atoms with Crippen LogP contribution in [0.5, 0.6) is 0 Å². The number of thiophene rings is 1. The van der Waals surface area contributed by atoms with Gasteiger partial charge in [0.25, 0.3) is 5.91 Å². The Morgan fingerprint density at radius 3 is 2.50 bits per heavy atom. The summed E-state index contributed by atoms with van der Waals surface area (Å²) in [6.07, 6.45) is -1.13. The lowest BCUT2D eigenvalue weighted by Gasteiger charge is -2.13. The van der Waals surface area contributed by atoms with Crippen molar-refractivity contribution in [1.82, 2.24) is 0 Å². The molecule has 138 valence electrons. The van der Waals surface area contributed by atoms with Gasteiger partial charge in [-0.3, -0.25) is 14.4 Å². The Balaban J connectivity index is 1.81. The minimum atomic E-state index is -1.05. The Bertz CT molecular complexity index is 831. The fourth-order valence-corrected chi connectivity index (χ4v) is 2.98. The van der Waals surface area contributed by atoms with Crippen molar-refractivity contribution in [2.45, 2.75) is 39.7 Å². The number of Topliss-reactive ketones (excluding diaryl/α,β-unsaturated/α-hetero) is 1. The first kappa shape index (κ1) is 19.8. The van der Waals surface area contributed by atoms with E-state index in [0.717, 1.165) is 4.88 Å². The van der Waals surface area contributed by atoms with Crippen molar-refractivity contribution in [1.29, 1.82) is 0 Å². The van der Waals surface area contributed by atoms with Gasteiger partial charge in [0, 0.05) is 17.0 Å². The second kappa shape index (κ2) is 8.71. The number of ether oxygens (including phenoxy) is 1. The molecule has 2 rings (SSSR count). The number of halogens is 1. The van der Waals surface area contributed by atoms with Gasteiger partial charge in [-0.15, -0.1) is 11.3 Å². The predicted octanol–water partition coefficient (Wildman–Crippen LogP) is 4.04. The summed E-state index contributed by atoms with van der Waals surface area (Å²) in [5.74, 6) is -1.77. The maximum Gasteiger partial charge on any atom is 0.307 e. The van der Waals surface area contributed by atoms with Crippen LogP contribution in [0.2, 0.25) is 0 Å². The number of amides is 1. The zero-order chi connectivity index (χ0) is 19.3. The molecule has 0 aliphatic rings. The van der Waals surface area contributed by atoms with Crippen LogP contribution in [0.3, 0.4) is 0 Å². The standard InChI is InChI=1S/C19H20FNO4S/c1-11-4-6-14(10-15(11)20)21-19(24)13(3)25-18(23)9-7-16(22)17-8-5-12(2)26-17/h4-6,8,10,13H,7,9H2,1-3H3,(H,21,24)/t13-/m0/s1. The highest BCUT2D eigenvalue weighted by molar-refractivity contribution is 7.14. The molecular weight excluding hydrogens is 357 g/mol. The molecule has 0 bridgehead atoms. The van der Waals surface area contributed by atoms with Crippen LogP contribution in [-0.4, -0.2) is 23.8 Å². The lowest BCUT2D eigenvalue weighted by Crippen LogP contribution is -2.30. The first-order valence-corrected chi connectivity index (χ1v) is 8.94. The molecule has 1 aromatic carbocycles. The van der Waals surface area contributed by atoms with E-state index in [1.54, 1.807) is 25.1 Å². The molecule has 0 fully saturated rings. The molecule has 1 N–H and O–H groups in total. The van der Waals surface area contributed by atoms with E-state index in [-0.39, 0.29) is 24.3 Å². The van der Waals surface area contributed by atoms with Crippen molar-refractivity contribution in [3.05, 3.63) is 51.5 Å². The van der Waals surface area contributed by atoms with Crippen LogP contribution in [-0.2, 0) is 14.3 Å². The number of aryl methyl sites for hydroxylation is 2. The Labute approximate surface area is 155 Å². The predicted molar refractivity (Wildman–Crippen MR) is 97.9 cm³/mol. The van der Waals surface area contributed by atoms with E-state index >= 15 is 0 Å². The summed E-state index contributed by atoms with van der Waals surface area (Å²) in [5.41, 5.74) is 0.748. The van der Waals surface area contributed by atoms with E-state index in [1.807, 2.05) is 13.0 Å². The topological polar surface area (TPSA) is 72.5 Å². The highest BCUT2D eigenvalue weighted by Crippen LogP contribution is 2.18. The number of anilines is 1. The number of ketones is 1. The van der Waals surface area contributed by atoms with Crippen molar-refractivity contribution >= 4 is 34.7 Å². The number of carbonyl (C=O) groups is 3. The number of hydrogen-bond acceptors (Lipinski definition) is 5. The molecule has 0 spiro atoms. The van der Waals surface area contributed by atoms with Gasteiger partial charge in [0.05, 0.1) is 11.3 Å². The molecule has 5 nitrogen and oxygen atoms in total. The van der Waals surface area contributed by atoms with Crippen molar-refractivity contribution in [3.63, 3.8) is 0 Å².